The van der Waals surface area contributed by atoms with E-state index in [1.807, 2.05) is 0 Å². The fourth-order valence-electron chi connectivity index (χ4n) is 1.35. The van der Waals surface area contributed by atoms with Crippen molar-refractivity contribution >= 4 is 11.6 Å². The summed E-state index contributed by atoms with van der Waals surface area (Å²) in [6.45, 7) is 0. The maximum absolute atomic E-state index is 12.5. The van der Waals surface area contributed by atoms with Gasteiger partial charge >= 0.3 is 6.18 Å². The van der Waals surface area contributed by atoms with E-state index >= 15 is 0 Å². The number of oxazole rings is 1. The monoisotopic (exact) mass is 261 g/mol. The zero-order valence-corrected chi connectivity index (χ0v) is 9.22. The van der Waals surface area contributed by atoms with E-state index in [-0.39, 0.29) is 17.5 Å². The molecule has 17 heavy (non-hydrogen) atoms. The Morgan fingerprint density at radius 2 is 2.06 bits per heavy atom. The summed E-state index contributed by atoms with van der Waals surface area (Å²) in [5.74, 6) is 0.629. The number of nitrogens with zero attached hydrogens (tertiary/aromatic N) is 1. The largest absolute Gasteiger partial charge is 0.439 e. The molecule has 1 heterocycles. The summed E-state index contributed by atoms with van der Waals surface area (Å²) in [6, 6.07) is 4.86. The first-order valence-electron chi connectivity index (χ1n) is 4.69. The molecule has 0 fully saturated rings. The Hall–Kier alpha value is -1.49. The highest BCUT2D eigenvalue weighted by molar-refractivity contribution is 6.16. The van der Waals surface area contributed by atoms with Crippen molar-refractivity contribution < 1.29 is 17.6 Å². The van der Waals surface area contributed by atoms with Gasteiger partial charge in [0.1, 0.15) is 0 Å². The summed E-state index contributed by atoms with van der Waals surface area (Å²) in [5.41, 5.74) is -0.400. The van der Waals surface area contributed by atoms with E-state index in [2.05, 4.69) is 4.98 Å². The zero-order valence-electron chi connectivity index (χ0n) is 8.46. The first kappa shape index (κ1) is 12.0. The van der Waals surface area contributed by atoms with Crippen molar-refractivity contribution in [2.24, 2.45) is 0 Å². The lowest BCUT2D eigenvalue weighted by Crippen LogP contribution is -2.04. The lowest BCUT2D eigenvalue weighted by Gasteiger charge is -2.06. The molecule has 1 aromatic carbocycles. The van der Waals surface area contributed by atoms with Gasteiger partial charge in [-0.25, -0.2) is 4.98 Å². The van der Waals surface area contributed by atoms with Gasteiger partial charge in [0.05, 0.1) is 17.6 Å². The number of benzene rings is 1. The molecule has 0 unspecified atom stereocenters. The lowest BCUT2D eigenvalue weighted by molar-refractivity contribution is -0.137. The van der Waals surface area contributed by atoms with E-state index in [1.54, 1.807) is 0 Å². The van der Waals surface area contributed by atoms with Gasteiger partial charge in [-0.15, -0.1) is 11.6 Å². The van der Waals surface area contributed by atoms with E-state index in [1.165, 1.54) is 18.3 Å². The van der Waals surface area contributed by atoms with Crippen LogP contribution in [0.15, 0.2) is 34.9 Å². The lowest BCUT2D eigenvalue weighted by atomic mass is 10.1. The molecule has 6 heteroatoms. The maximum atomic E-state index is 12.5. The number of halogens is 4. The first-order valence-corrected chi connectivity index (χ1v) is 5.22. The Labute approximate surface area is 100 Å². The molecule has 0 spiro atoms. The van der Waals surface area contributed by atoms with Crippen LogP contribution < -0.4 is 0 Å². The molecular formula is C11H7ClF3NO. The molecule has 0 aliphatic carbocycles. The van der Waals surface area contributed by atoms with Crippen LogP contribution in [0.25, 0.3) is 11.3 Å². The Balaban J connectivity index is 2.39. The van der Waals surface area contributed by atoms with Crippen LogP contribution in [0.5, 0.6) is 0 Å². The number of rotatable bonds is 2. The summed E-state index contributed by atoms with van der Waals surface area (Å²) in [5, 5.41) is 0. The Morgan fingerprint density at radius 1 is 1.29 bits per heavy atom. The average molecular weight is 262 g/mol. The predicted molar refractivity (Wildman–Crippen MR) is 56.5 cm³/mol. The molecule has 2 rings (SSSR count). The van der Waals surface area contributed by atoms with Crippen LogP contribution in [0.4, 0.5) is 13.2 Å². The van der Waals surface area contributed by atoms with Gasteiger partial charge < -0.3 is 4.42 Å². The second-order valence-electron chi connectivity index (χ2n) is 3.33. The standard InChI is InChI=1S/C11H7ClF3NO/c12-5-10-16-6-9(17-10)7-2-1-3-8(4-7)11(13,14)15/h1-4,6H,5H2. The summed E-state index contributed by atoms with van der Waals surface area (Å²) in [7, 11) is 0. The van der Waals surface area contributed by atoms with E-state index in [0.29, 0.717) is 5.56 Å². The molecule has 0 atom stereocenters. The second-order valence-corrected chi connectivity index (χ2v) is 3.60. The van der Waals surface area contributed by atoms with Crippen LogP contribution in [0, 0.1) is 0 Å². The predicted octanol–water partition coefficient (Wildman–Crippen LogP) is 4.10. The van der Waals surface area contributed by atoms with Gasteiger partial charge in [0, 0.05) is 5.56 Å². The van der Waals surface area contributed by atoms with Gasteiger partial charge in [-0.3, -0.25) is 0 Å². The highest BCUT2D eigenvalue weighted by Crippen LogP contribution is 2.32. The average Bonchev–Trinajstić information content (AvgIpc) is 2.76. The van der Waals surface area contributed by atoms with Crippen molar-refractivity contribution in [3.63, 3.8) is 0 Å². The number of hydrogen-bond donors (Lipinski definition) is 0. The summed E-state index contributed by atoms with van der Waals surface area (Å²) in [4.78, 5) is 3.82. The SMILES string of the molecule is FC(F)(F)c1cccc(-c2cnc(CCl)o2)c1. The number of hydrogen-bond acceptors (Lipinski definition) is 2. The van der Waals surface area contributed by atoms with Crippen LogP contribution in [0.1, 0.15) is 11.5 Å². The van der Waals surface area contributed by atoms with Crippen molar-refractivity contribution in [2.45, 2.75) is 12.1 Å². The minimum atomic E-state index is -4.37. The van der Waals surface area contributed by atoms with E-state index in [9.17, 15) is 13.2 Å². The highest BCUT2D eigenvalue weighted by Gasteiger charge is 2.30. The third-order valence-corrected chi connectivity index (χ3v) is 2.37. The molecular weight excluding hydrogens is 255 g/mol. The van der Waals surface area contributed by atoms with Crippen molar-refractivity contribution in [1.82, 2.24) is 4.98 Å². The van der Waals surface area contributed by atoms with Crippen LogP contribution in [0.3, 0.4) is 0 Å². The Bertz CT molecular complexity index is 521. The second kappa shape index (κ2) is 4.41. The molecule has 0 N–H and O–H groups in total. The Morgan fingerprint density at radius 3 is 2.65 bits per heavy atom. The minimum absolute atomic E-state index is 0.0823. The third-order valence-electron chi connectivity index (χ3n) is 2.14. The van der Waals surface area contributed by atoms with Gasteiger partial charge in [0.15, 0.2) is 5.76 Å². The molecule has 1 aromatic heterocycles. The molecule has 0 saturated carbocycles. The summed E-state index contributed by atoms with van der Waals surface area (Å²) < 4.78 is 42.6. The van der Waals surface area contributed by atoms with Crippen LogP contribution in [-0.4, -0.2) is 4.98 Å². The molecule has 0 saturated heterocycles. The third kappa shape index (κ3) is 2.61. The van der Waals surface area contributed by atoms with Crippen molar-refractivity contribution in [1.29, 1.82) is 0 Å². The van der Waals surface area contributed by atoms with E-state index in [4.69, 9.17) is 16.0 Å². The van der Waals surface area contributed by atoms with Gasteiger partial charge in [-0.1, -0.05) is 12.1 Å². The zero-order chi connectivity index (χ0) is 12.5. The fraction of sp³-hybridized carbons (Fsp3) is 0.182. The van der Waals surface area contributed by atoms with Crippen LogP contribution in [0.2, 0.25) is 0 Å². The topological polar surface area (TPSA) is 26.0 Å². The molecule has 0 radical (unpaired) electrons. The van der Waals surface area contributed by atoms with Crippen LogP contribution >= 0.6 is 11.6 Å². The molecule has 0 aliphatic rings. The molecule has 0 amide bonds. The highest BCUT2D eigenvalue weighted by atomic mass is 35.5. The van der Waals surface area contributed by atoms with Gasteiger partial charge in [0.2, 0.25) is 5.89 Å². The number of aromatic nitrogens is 1. The van der Waals surface area contributed by atoms with Crippen molar-refractivity contribution in [2.75, 3.05) is 0 Å². The molecule has 2 aromatic rings. The smallest absolute Gasteiger partial charge is 0.416 e. The van der Waals surface area contributed by atoms with Gasteiger partial charge in [-0.05, 0) is 12.1 Å². The molecule has 0 bridgehead atoms. The molecule has 2 nitrogen and oxygen atoms in total. The first-order chi connectivity index (χ1) is 8.00. The van der Waals surface area contributed by atoms with E-state index < -0.39 is 11.7 Å². The van der Waals surface area contributed by atoms with Crippen LogP contribution in [-0.2, 0) is 12.1 Å². The quantitative estimate of drug-likeness (QED) is 0.761. The van der Waals surface area contributed by atoms with Gasteiger partial charge in [-0.2, -0.15) is 13.2 Å². The normalized spacial score (nSPS) is 11.8. The minimum Gasteiger partial charge on any atom is -0.439 e. The van der Waals surface area contributed by atoms with Crippen molar-refractivity contribution in [3.05, 3.63) is 41.9 Å². The molecule has 90 valence electrons. The fourth-order valence-corrected chi connectivity index (χ4v) is 1.48. The van der Waals surface area contributed by atoms with Crippen molar-refractivity contribution in [3.8, 4) is 11.3 Å². The maximum Gasteiger partial charge on any atom is 0.416 e. The molecule has 0 aliphatic heterocycles. The summed E-state index contributed by atoms with van der Waals surface area (Å²) in [6.07, 6.45) is -3.02. The number of alkyl halides is 4. The van der Waals surface area contributed by atoms with Gasteiger partial charge in [0.25, 0.3) is 0 Å². The summed E-state index contributed by atoms with van der Waals surface area (Å²) >= 11 is 5.50. The van der Waals surface area contributed by atoms with E-state index in [0.717, 1.165) is 12.1 Å². The Kier molecular flexibility index (Phi) is 3.11.